The van der Waals surface area contributed by atoms with Crippen molar-refractivity contribution in [3.8, 4) is 0 Å². The highest BCUT2D eigenvalue weighted by atomic mass is 19.1. The Balaban J connectivity index is 1.67. The second-order valence-corrected chi connectivity index (χ2v) is 7.69. The van der Waals surface area contributed by atoms with E-state index in [-0.39, 0.29) is 16.2 Å². The number of hydrogen-bond donors (Lipinski definition) is 2. The SMILES string of the molecule is O=c1c2cc(F)c(N3C[C@@H]4CCCN[C@@H]4C3)cc2n(C2CC2)c(=O)n1O. The lowest BCUT2D eigenvalue weighted by molar-refractivity contribution is 0.157. The van der Waals surface area contributed by atoms with E-state index in [1.165, 1.54) is 4.57 Å². The highest BCUT2D eigenvalue weighted by Gasteiger charge is 2.36. The van der Waals surface area contributed by atoms with Crippen molar-refractivity contribution in [3.63, 3.8) is 0 Å². The summed E-state index contributed by atoms with van der Waals surface area (Å²) in [6.07, 6.45) is 3.90. The van der Waals surface area contributed by atoms with Gasteiger partial charge in [-0.2, -0.15) is 0 Å². The third-order valence-electron chi connectivity index (χ3n) is 5.99. The second kappa shape index (κ2) is 5.57. The minimum Gasteiger partial charge on any atom is -0.421 e. The van der Waals surface area contributed by atoms with Gasteiger partial charge in [0.2, 0.25) is 0 Å². The third-order valence-corrected chi connectivity index (χ3v) is 5.99. The van der Waals surface area contributed by atoms with Crippen LogP contribution in [0.3, 0.4) is 0 Å². The number of anilines is 1. The first-order valence-electron chi connectivity index (χ1n) is 9.23. The molecule has 2 saturated heterocycles. The van der Waals surface area contributed by atoms with Crippen LogP contribution in [0.15, 0.2) is 21.7 Å². The molecule has 2 aliphatic heterocycles. The Morgan fingerprint density at radius 2 is 1.96 bits per heavy atom. The minimum absolute atomic E-state index is 0.0369. The van der Waals surface area contributed by atoms with E-state index in [4.69, 9.17) is 0 Å². The first-order valence-corrected chi connectivity index (χ1v) is 9.23. The quantitative estimate of drug-likeness (QED) is 0.783. The first-order chi connectivity index (χ1) is 12.5. The molecule has 1 aromatic heterocycles. The van der Waals surface area contributed by atoms with Crippen LogP contribution in [0.25, 0.3) is 10.9 Å². The number of rotatable bonds is 2. The Hall–Kier alpha value is -2.35. The molecular weight excluding hydrogens is 339 g/mol. The van der Waals surface area contributed by atoms with Crippen molar-refractivity contribution in [2.75, 3.05) is 24.5 Å². The molecule has 0 amide bonds. The van der Waals surface area contributed by atoms with Crippen LogP contribution < -0.4 is 21.5 Å². The molecule has 8 heteroatoms. The molecule has 26 heavy (non-hydrogen) atoms. The van der Waals surface area contributed by atoms with Gasteiger partial charge in [-0.15, -0.1) is 0 Å². The van der Waals surface area contributed by atoms with Gasteiger partial charge >= 0.3 is 5.69 Å². The summed E-state index contributed by atoms with van der Waals surface area (Å²) in [6, 6.07) is 3.09. The van der Waals surface area contributed by atoms with Crippen molar-refractivity contribution < 1.29 is 9.60 Å². The van der Waals surface area contributed by atoms with E-state index in [1.807, 2.05) is 4.90 Å². The van der Waals surface area contributed by atoms with Crippen LogP contribution >= 0.6 is 0 Å². The van der Waals surface area contributed by atoms with Gasteiger partial charge < -0.3 is 15.4 Å². The van der Waals surface area contributed by atoms with E-state index in [0.29, 0.717) is 23.2 Å². The van der Waals surface area contributed by atoms with Crippen LogP contribution in [-0.2, 0) is 0 Å². The fraction of sp³-hybridized carbons (Fsp3) is 0.556. The summed E-state index contributed by atoms with van der Waals surface area (Å²) in [7, 11) is 0. The fourth-order valence-corrected chi connectivity index (χ4v) is 4.50. The fourth-order valence-electron chi connectivity index (χ4n) is 4.50. The standard InChI is InChI=1S/C18H21FN4O3/c19-13-6-12-15(22(11-3-4-11)18(25)23(26)17(12)24)7-16(13)21-8-10-2-1-5-20-14(10)9-21/h6-7,10-11,14,20,26H,1-5,8-9H2/t10-,14+/m0/s1. The molecular formula is C18H21FN4O3. The van der Waals surface area contributed by atoms with Crippen molar-refractivity contribution >= 4 is 16.6 Å². The predicted molar refractivity (Wildman–Crippen MR) is 94.6 cm³/mol. The molecule has 3 aliphatic rings. The van der Waals surface area contributed by atoms with Crippen molar-refractivity contribution in [3.05, 3.63) is 38.8 Å². The van der Waals surface area contributed by atoms with E-state index < -0.39 is 17.1 Å². The normalized spacial score (nSPS) is 25.7. The number of nitrogens with one attached hydrogen (secondary N) is 1. The Labute approximate surface area is 148 Å². The summed E-state index contributed by atoms with van der Waals surface area (Å²) in [6.45, 7) is 2.48. The minimum atomic E-state index is -0.871. The molecule has 5 rings (SSSR count). The van der Waals surface area contributed by atoms with Gasteiger partial charge in [0.15, 0.2) is 0 Å². The van der Waals surface area contributed by atoms with Crippen LogP contribution in [0.5, 0.6) is 0 Å². The summed E-state index contributed by atoms with van der Waals surface area (Å²) in [4.78, 5) is 26.6. The smallest absolute Gasteiger partial charge is 0.365 e. The van der Waals surface area contributed by atoms with Crippen LogP contribution in [0.2, 0.25) is 0 Å². The van der Waals surface area contributed by atoms with Gasteiger partial charge in [-0.05, 0) is 50.3 Å². The van der Waals surface area contributed by atoms with Gasteiger partial charge in [-0.25, -0.2) is 9.18 Å². The monoisotopic (exact) mass is 360 g/mol. The van der Waals surface area contributed by atoms with E-state index in [0.717, 1.165) is 51.4 Å². The molecule has 3 heterocycles. The van der Waals surface area contributed by atoms with E-state index >= 15 is 0 Å². The van der Waals surface area contributed by atoms with Crippen LogP contribution in [-0.4, -0.2) is 40.2 Å². The largest absolute Gasteiger partial charge is 0.421 e. The van der Waals surface area contributed by atoms with Gasteiger partial charge in [0.05, 0.1) is 16.6 Å². The molecule has 3 fully saturated rings. The van der Waals surface area contributed by atoms with Gasteiger partial charge in [0, 0.05) is 25.2 Å². The highest BCUT2D eigenvalue weighted by molar-refractivity contribution is 5.83. The van der Waals surface area contributed by atoms with Crippen molar-refractivity contribution in [1.82, 2.24) is 14.6 Å². The molecule has 138 valence electrons. The Morgan fingerprint density at radius 1 is 1.15 bits per heavy atom. The number of nitrogens with zero attached hydrogens (tertiary/aromatic N) is 3. The zero-order valence-corrected chi connectivity index (χ0v) is 14.3. The topological polar surface area (TPSA) is 79.5 Å². The van der Waals surface area contributed by atoms with E-state index in [1.54, 1.807) is 6.07 Å². The second-order valence-electron chi connectivity index (χ2n) is 7.69. The highest BCUT2D eigenvalue weighted by Crippen LogP contribution is 2.37. The lowest BCUT2D eigenvalue weighted by Gasteiger charge is -2.24. The molecule has 0 bridgehead atoms. The molecule has 0 unspecified atom stereocenters. The van der Waals surface area contributed by atoms with E-state index in [2.05, 4.69) is 5.32 Å². The van der Waals surface area contributed by atoms with Crippen molar-refractivity contribution in [2.45, 2.75) is 37.8 Å². The molecule has 0 spiro atoms. The van der Waals surface area contributed by atoms with Crippen molar-refractivity contribution in [2.24, 2.45) is 5.92 Å². The Bertz CT molecular complexity index is 996. The number of halogens is 1. The average molecular weight is 360 g/mol. The Kier molecular flexibility index (Phi) is 3.40. The van der Waals surface area contributed by atoms with Gasteiger partial charge in [-0.1, -0.05) is 4.73 Å². The van der Waals surface area contributed by atoms with Gasteiger partial charge in [-0.3, -0.25) is 9.36 Å². The molecule has 1 aliphatic carbocycles. The molecule has 1 aromatic carbocycles. The maximum Gasteiger partial charge on any atom is 0.365 e. The average Bonchev–Trinajstić information content (AvgIpc) is 3.37. The van der Waals surface area contributed by atoms with Gasteiger partial charge in [0.1, 0.15) is 5.82 Å². The number of piperidine rings is 1. The molecule has 2 aromatic rings. The summed E-state index contributed by atoms with van der Waals surface area (Å²) < 4.78 is 16.4. The molecule has 0 radical (unpaired) electrons. The number of benzene rings is 1. The summed E-state index contributed by atoms with van der Waals surface area (Å²) in [5.41, 5.74) is -0.784. The zero-order valence-electron chi connectivity index (χ0n) is 14.3. The number of aromatic nitrogens is 2. The first kappa shape index (κ1) is 15.9. The lowest BCUT2D eigenvalue weighted by atomic mass is 9.94. The Morgan fingerprint density at radius 3 is 2.69 bits per heavy atom. The van der Waals surface area contributed by atoms with Gasteiger partial charge in [0.25, 0.3) is 5.56 Å². The third kappa shape index (κ3) is 2.28. The number of fused-ring (bicyclic) bond motifs is 2. The molecule has 2 atom stereocenters. The molecule has 1 saturated carbocycles. The number of hydrogen-bond acceptors (Lipinski definition) is 5. The maximum atomic E-state index is 14.8. The lowest BCUT2D eigenvalue weighted by Crippen LogP contribution is -2.40. The predicted octanol–water partition coefficient (Wildman–Crippen LogP) is 1.06. The summed E-state index contributed by atoms with van der Waals surface area (Å²) >= 11 is 0. The zero-order chi connectivity index (χ0) is 18.0. The van der Waals surface area contributed by atoms with Crippen LogP contribution in [0.4, 0.5) is 10.1 Å². The van der Waals surface area contributed by atoms with Crippen LogP contribution in [0.1, 0.15) is 31.7 Å². The molecule has 7 nitrogen and oxygen atoms in total. The van der Waals surface area contributed by atoms with Crippen LogP contribution in [0, 0.1) is 11.7 Å². The maximum absolute atomic E-state index is 14.8. The molecule has 2 N–H and O–H groups in total. The summed E-state index contributed by atoms with van der Waals surface area (Å²) in [5, 5.41) is 13.3. The van der Waals surface area contributed by atoms with Crippen molar-refractivity contribution in [1.29, 1.82) is 0 Å². The summed E-state index contributed by atoms with van der Waals surface area (Å²) in [5.74, 6) is 0.00385. The van der Waals surface area contributed by atoms with E-state index in [9.17, 15) is 19.2 Å².